The zero-order chi connectivity index (χ0) is 16.5. The highest BCUT2D eigenvalue weighted by atomic mass is 79.9. The van der Waals surface area contributed by atoms with Gasteiger partial charge in [0.1, 0.15) is 22.2 Å². The van der Waals surface area contributed by atoms with Gasteiger partial charge in [-0.2, -0.15) is 0 Å². The van der Waals surface area contributed by atoms with Gasteiger partial charge in [-0.05, 0) is 40.2 Å². The number of methoxy groups -OCH3 is 1. The summed E-state index contributed by atoms with van der Waals surface area (Å²) in [5.41, 5.74) is -0.777. The van der Waals surface area contributed by atoms with E-state index in [0.717, 1.165) is 24.3 Å². The van der Waals surface area contributed by atoms with Crippen LogP contribution in [0.1, 0.15) is 0 Å². The molecule has 0 aliphatic rings. The molecule has 22 heavy (non-hydrogen) atoms. The Hall–Kier alpha value is -1.38. The first-order chi connectivity index (χ1) is 10.3. The van der Waals surface area contributed by atoms with Crippen molar-refractivity contribution in [3.63, 3.8) is 0 Å². The van der Waals surface area contributed by atoms with Crippen molar-refractivity contribution in [2.24, 2.45) is 0 Å². The Labute approximate surface area is 139 Å². The van der Waals surface area contributed by atoms with Crippen LogP contribution >= 0.6 is 27.5 Å². The second-order valence-corrected chi connectivity index (χ2v) is 7.06. The van der Waals surface area contributed by atoms with Gasteiger partial charge in [0.15, 0.2) is 5.75 Å². The minimum absolute atomic E-state index is 0.0337. The number of halogens is 4. The van der Waals surface area contributed by atoms with Crippen molar-refractivity contribution in [1.29, 1.82) is 0 Å². The van der Waals surface area contributed by atoms with Crippen LogP contribution in [-0.4, -0.2) is 15.5 Å². The fourth-order valence-electron chi connectivity index (χ4n) is 1.72. The van der Waals surface area contributed by atoms with E-state index in [4.69, 9.17) is 16.3 Å². The van der Waals surface area contributed by atoms with Crippen LogP contribution in [0.2, 0.25) is 5.02 Å². The molecule has 0 bridgehead atoms. The SMILES string of the molecule is COc1c(Br)cc(Cl)cc1S(=O)(=O)Nc1c(F)cccc1F. The third-order valence-corrected chi connectivity index (χ3v) is 4.83. The van der Waals surface area contributed by atoms with Gasteiger partial charge < -0.3 is 4.74 Å². The van der Waals surface area contributed by atoms with Crippen LogP contribution in [0.3, 0.4) is 0 Å². The second-order valence-electron chi connectivity index (χ2n) is 4.12. The summed E-state index contributed by atoms with van der Waals surface area (Å²) in [6, 6.07) is 5.55. The Bertz CT molecular complexity index is 810. The fourth-order valence-corrected chi connectivity index (χ4v) is 4.18. The molecule has 118 valence electrons. The number of benzene rings is 2. The van der Waals surface area contributed by atoms with Crippen molar-refractivity contribution in [3.8, 4) is 5.75 Å². The van der Waals surface area contributed by atoms with Crippen molar-refractivity contribution < 1.29 is 21.9 Å². The molecule has 2 rings (SSSR count). The number of ether oxygens (including phenoxy) is 1. The number of sulfonamides is 1. The molecule has 0 saturated carbocycles. The van der Waals surface area contributed by atoms with Crippen LogP contribution in [0.25, 0.3) is 0 Å². The molecular weight excluding hydrogens is 404 g/mol. The number of rotatable bonds is 4. The van der Waals surface area contributed by atoms with Gasteiger partial charge in [-0.25, -0.2) is 17.2 Å². The Balaban J connectivity index is 2.57. The monoisotopic (exact) mass is 411 g/mol. The van der Waals surface area contributed by atoms with Gasteiger partial charge in [-0.1, -0.05) is 17.7 Å². The van der Waals surface area contributed by atoms with Gasteiger partial charge in [-0.3, -0.25) is 4.72 Å². The smallest absolute Gasteiger partial charge is 0.265 e. The van der Waals surface area contributed by atoms with Gasteiger partial charge in [0.2, 0.25) is 0 Å². The van der Waals surface area contributed by atoms with E-state index in [1.54, 1.807) is 0 Å². The number of anilines is 1. The van der Waals surface area contributed by atoms with Crippen LogP contribution in [0.5, 0.6) is 5.75 Å². The molecule has 1 N–H and O–H groups in total. The first-order valence-corrected chi connectivity index (χ1v) is 8.41. The highest BCUT2D eigenvalue weighted by Gasteiger charge is 2.25. The molecule has 0 amide bonds. The van der Waals surface area contributed by atoms with Crippen molar-refractivity contribution >= 4 is 43.2 Å². The average molecular weight is 413 g/mol. The lowest BCUT2D eigenvalue weighted by molar-refractivity contribution is 0.400. The molecule has 9 heteroatoms. The molecule has 0 atom stereocenters. The molecule has 0 unspecified atom stereocenters. The molecule has 0 aliphatic heterocycles. The molecule has 0 spiro atoms. The minimum Gasteiger partial charge on any atom is -0.494 e. The van der Waals surface area contributed by atoms with E-state index in [2.05, 4.69) is 15.9 Å². The number of para-hydroxylation sites is 1. The molecule has 0 aliphatic carbocycles. The van der Waals surface area contributed by atoms with E-state index in [9.17, 15) is 17.2 Å². The maximum Gasteiger partial charge on any atom is 0.265 e. The standard InChI is InChI=1S/C13H9BrClF2NO3S/c1-21-13-8(14)5-7(15)6-11(13)22(19,20)18-12-9(16)3-2-4-10(12)17/h2-6,18H,1H3. The molecule has 2 aromatic rings. The number of hydrogen-bond donors (Lipinski definition) is 1. The van der Waals surface area contributed by atoms with Crippen LogP contribution < -0.4 is 9.46 Å². The molecule has 0 saturated heterocycles. The molecule has 4 nitrogen and oxygen atoms in total. The molecule has 0 heterocycles. The summed E-state index contributed by atoms with van der Waals surface area (Å²) >= 11 is 8.94. The van der Waals surface area contributed by atoms with Crippen molar-refractivity contribution in [2.75, 3.05) is 11.8 Å². The van der Waals surface area contributed by atoms with Crippen molar-refractivity contribution in [3.05, 3.63) is 51.5 Å². The van der Waals surface area contributed by atoms with Crippen LogP contribution in [0, 0.1) is 11.6 Å². The predicted molar refractivity (Wildman–Crippen MR) is 82.9 cm³/mol. The van der Waals surface area contributed by atoms with Gasteiger partial charge in [0, 0.05) is 5.02 Å². The summed E-state index contributed by atoms with van der Waals surface area (Å²) in [7, 11) is -3.05. The van der Waals surface area contributed by atoms with Crippen LogP contribution in [0.4, 0.5) is 14.5 Å². The summed E-state index contributed by atoms with van der Waals surface area (Å²) in [5, 5.41) is 0.113. The summed E-state index contributed by atoms with van der Waals surface area (Å²) in [6.07, 6.45) is 0. The Morgan fingerprint density at radius 1 is 1.23 bits per heavy atom. The summed E-state index contributed by atoms with van der Waals surface area (Å²) in [4.78, 5) is -0.350. The van der Waals surface area contributed by atoms with E-state index in [-0.39, 0.29) is 20.1 Å². The van der Waals surface area contributed by atoms with Crippen LogP contribution in [0.15, 0.2) is 39.7 Å². The summed E-state index contributed by atoms with van der Waals surface area (Å²) < 4.78 is 59.1. The van der Waals surface area contributed by atoms with Gasteiger partial charge >= 0.3 is 0 Å². The van der Waals surface area contributed by atoms with E-state index < -0.39 is 27.3 Å². The topological polar surface area (TPSA) is 55.4 Å². The number of nitrogens with one attached hydrogen (secondary N) is 1. The predicted octanol–water partition coefficient (Wildman–Crippen LogP) is 4.19. The third-order valence-electron chi connectivity index (χ3n) is 2.67. The maximum absolute atomic E-state index is 13.6. The zero-order valence-electron chi connectivity index (χ0n) is 11.0. The average Bonchev–Trinajstić information content (AvgIpc) is 2.42. The highest BCUT2D eigenvalue weighted by Crippen LogP contribution is 2.36. The van der Waals surface area contributed by atoms with Crippen molar-refractivity contribution in [1.82, 2.24) is 0 Å². The Kier molecular flexibility index (Phi) is 4.93. The van der Waals surface area contributed by atoms with Gasteiger partial charge in [0.05, 0.1) is 11.6 Å². The first kappa shape index (κ1) is 17.0. The lowest BCUT2D eigenvalue weighted by Crippen LogP contribution is -2.16. The molecule has 2 aromatic carbocycles. The summed E-state index contributed by atoms with van der Waals surface area (Å²) in [5.74, 6) is -2.11. The zero-order valence-corrected chi connectivity index (χ0v) is 14.2. The largest absolute Gasteiger partial charge is 0.494 e. The van der Waals surface area contributed by atoms with Crippen LogP contribution in [-0.2, 0) is 10.0 Å². The molecule has 0 aromatic heterocycles. The van der Waals surface area contributed by atoms with E-state index >= 15 is 0 Å². The van der Waals surface area contributed by atoms with Gasteiger partial charge in [0.25, 0.3) is 10.0 Å². The molecule has 0 radical (unpaired) electrons. The lowest BCUT2D eigenvalue weighted by atomic mass is 10.3. The molecule has 0 fully saturated rings. The Morgan fingerprint density at radius 3 is 2.36 bits per heavy atom. The van der Waals surface area contributed by atoms with E-state index in [1.165, 1.54) is 13.2 Å². The lowest BCUT2D eigenvalue weighted by Gasteiger charge is -2.14. The highest BCUT2D eigenvalue weighted by molar-refractivity contribution is 9.10. The minimum atomic E-state index is -4.32. The Morgan fingerprint density at radius 2 is 1.82 bits per heavy atom. The number of hydrogen-bond acceptors (Lipinski definition) is 3. The quantitative estimate of drug-likeness (QED) is 0.819. The van der Waals surface area contributed by atoms with E-state index in [0.29, 0.717) is 0 Å². The van der Waals surface area contributed by atoms with Crippen molar-refractivity contribution in [2.45, 2.75) is 4.90 Å². The second kappa shape index (κ2) is 6.39. The first-order valence-electron chi connectivity index (χ1n) is 5.76. The molecular formula is C13H9BrClF2NO3S. The normalized spacial score (nSPS) is 11.3. The van der Waals surface area contributed by atoms with E-state index in [1.807, 2.05) is 4.72 Å². The third kappa shape index (κ3) is 3.34. The fraction of sp³-hybridized carbons (Fsp3) is 0.0769. The summed E-state index contributed by atoms with van der Waals surface area (Å²) in [6.45, 7) is 0. The maximum atomic E-state index is 13.6. The van der Waals surface area contributed by atoms with Gasteiger partial charge in [-0.15, -0.1) is 0 Å².